The van der Waals surface area contributed by atoms with E-state index in [-0.39, 0.29) is 11.8 Å². The molecule has 0 heterocycles. The summed E-state index contributed by atoms with van der Waals surface area (Å²) in [5, 5.41) is 5.84. The van der Waals surface area contributed by atoms with Gasteiger partial charge in [0.25, 0.3) is 5.91 Å². The molecule has 0 spiro atoms. The highest BCUT2D eigenvalue weighted by molar-refractivity contribution is 8.00. The maximum Gasteiger partial charge on any atom is 0.255 e. The number of halogens is 1. The van der Waals surface area contributed by atoms with Crippen LogP contribution in [0.4, 0.5) is 11.4 Å². The van der Waals surface area contributed by atoms with Gasteiger partial charge in [0.05, 0.1) is 12.8 Å². The van der Waals surface area contributed by atoms with E-state index in [0.717, 1.165) is 16.0 Å². The van der Waals surface area contributed by atoms with E-state index < -0.39 is 5.25 Å². The Labute approximate surface area is 219 Å². The maximum absolute atomic E-state index is 13.5. The Morgan fingerprint density at radius 2 is 1.64 bits per heavy atom. The third-order valence-corrected chi connectivity index (χ3v) is 6.87. The molecular weight excluding hydrogens is 492 g/mol. The van der Waals surface area contributed by atoms with Gasteiger partial charge in [-0.1, -0.05) is 65.7 Å². The summed E-state index contributed by atoms with van der Waals surface area (Å²) >= 11 is 7.54. The number of carbonyl (C=O) groups excluding carboxylic acids is 2. The van der Waals surface area contributed by atoms with Crippen molar-refractivity contribution in [1.29, 1.82) is 0 Å². The number of benzene rings is 4. The molecule has 0 fully saturated rings. The third-order valence-electron chi connectivity index (χ3n) is 5.39. The van der Waals surface area contributed by atoms with Crippen molar-refractivity contribution >= 4 is 46.6 Å². The lowest BCUT2D eigenvalue weighted by Gasteiger charge is -2.19. The van der Waals surface area contributed by atoms with Gasteiger partial charge in [-0.3, -0.25) is 9.59 Å². The van der Waals surface area contributed by atoms with Crippen molar-refractivity contribution in [2.45, 2.75) is 17.1 Å². The number of methoxy groups -OCH3 is 1. The average molecular weight is 517 g/mol. The highest BCUT2D eigenvalue weighted by Crippen LogP contribution is 2.38. The number of thioether (sulfide) groups is 1. The lowest BCUT2D eigenvalue weighted by atomic mass is 10.1. The molecule has 2 N–H and O–H groups in total. The normalized spacial score (nSPS) is 11.4. The summed E-state index contributed by atoms with van der Waals surface area (Å²) < 4.78 is 5.38. The Morgan fingerprint density at radius 1 is 0.861 bits per heavy atom. The lowest BCUT2D eigenvalue weighted by Crippen LogP contribution is -2.19. The monoisotopic (exact) mass is 516 g/mol. The second kappa shape index (κ2) is 11.8. The molecule has 0 radical (unpaired) electrons. The molecule has 0 aliphatic rings. The SMILES string of the molecule is COc1ccc(Cl)cc1NC(=O)C(Sc1cccc(NC(=O)c2cccc(C)c2)c1)c1ccccc1. The Balaban J connectivity index is 1.57. The third kappa shape index (κ3) is 6.47. The molecule has 182 valence electrons. The summed E-state index contributed by atoms with van der Waals surface area (Å²) in [5.41, 5.74) is 3.59. The van der Waals surface area contributed by atoms with E-state index in [1.807, 2.05) is 79.7 Å². The highest BCUT2D eigenvalue weighted by Gasteiger charge is 2.23. The number of aryl methyl sites for hydroxylation is 1. The van der Waals surface area contributed by atoms with Crippen molar-refractivity contribution in [3.8, 4) is 5.75 Å². The minimum absolute atomic E-state index is 0.189. The van der Waals surface area contributed by atoms with Crippen LogP contribution in [-0.2, 0) is 4.79 Å². The van der Waals surface area contributed by atoms with Crippen LogP contribution < -0.4 is 15.4 Å². The largest absolute Gasteiger partial charge is 0.495 e. The number of hydrogen-bond donors (Lipinski definition) is 2. The van der Waals surface area contributed by atoms with Crippen LogP contribution in [-0.4, -0.2) is 18.9 Å². The Bertz CT molecular complexity index is 1380. The van der Waals surface area contributed by atoms with E-state index in [2.05, 4.69) is 10.6 Å². The van der Waals surface area contributed by atoms with Crippen molar-refractivity contribution in [1.82, 2.24) is 0 Å². The first-order chi connectivity index (χ1) is 17.4. The maximum atomic E-state index is 13.5. The van der Waals surface area contributed by atoms with Crippen molar-refractivity contribution in [2.24, 2.45) is 0 Å². The summed E-state index contributed by atoms with van der Waals surface area (Å²) in [6, 6.07) is 29.5. The Hall–Kier alpha value is -3.74. The molecule has 0 saturated carbocycles. The van der Waals surface area contributed by atoms with Gasteiger partial charge in [0, 0.05) is 21.2 Å². The molecule has 1 unspecified atom stereocenters. The van der Waals surface area contributed by atoms with E-state index >= 15 is 0 Å². The van der Waals surface area contributed by atoms with E-state index in [1.165, 1.54) is 11.8 Å². The molecule has 0 aromatic heterocycles. The number of nitrogens with one attached hydrogen (secondary N) is 2. The van der Waals surface area contributed by atoms with Crippen LogP contribution in [0, 0.1) is 6.92 Å². The molecule has 36 heavy (non-hydrogen) atoms. The van der Waals surface area contributed by atoms with E-state index in [4.69, 9.17) is 16.3 Å². The predicted octanol–water partition coefficient (Wildman–Crippen LogP) is 7.38. The van der Waals surface area contributed by atoms with Gasteiger partial charge in [0.15, 0.2) is 0 Å². The fourth-order valence-corrected chi connectivity index (χ4v) is 4.91. The summed E-state index contributed by atoms with van der Waals surface area (Å²) in [6.07, 6.45) is 0. The number of ether oxygens (including phenoxy) is 1. The molecule has 7 heteroatoms. The van der Waals surface area contributed by atoms with Crippen molar-refractivity contribution < 1.29 is 14.3 Å². The Morgan fingerprint density at radius 3 is 2.39 bits per heavy atom. The van der Waals surface area contributed by atoms with Gasteiger partial charge in [-0.25, -0.2) is 0 Å². The molecule has 4 aromatic carbocycles. The molecule has 0 aliphatic carbocycles. The first-order valence-corrected chi connectivity index (χ1v) is 12.5. The molecule has 0 saturated heterocycles. The number of amides is 2. The smallest absolute Gasteiger partial charge is 0.255 e. The van der Waals surface area contributed by atoms with Crippen LogP contribution in [0.15, 0.2) is 102 Å². The zero-order valence-electron chi connectivity index (χ0n) is 19.8. The van der Waals surface area contributed by atoms with Crippen LogP contribution in [0.3, 0.4) is 0 Å². The fourth-order valence-electron chi connectivity index (χ4n) is 3.65. The Kier molecular flexibility index (Phi) is 8.31. The fraction of sp³-hybridized carbons (Fsp3) is 0.103. The minimum atomic E-state index is -0.558. The van der Waals surface area contributed by atoms with Gasteiger partial charge in [-0.2, -0.15) is 0 Å². The lowest BCUT2D eigenvalue weighted by molar-refractivity contribution is -0.115. The zero-order valence-corrected chi connectivity index (χ0v) is 21.4. The molecule has 1 atom stereocenters. The summed E-state index contributed by atoms with van der Waals surface area (Å²) in [6.45, 7) is 1.95. The first kappa shape index (κ1) is 25.4. The van der Waals surface area contributed by atoms with E-state index in [9.17, 15) is 9.59 Å². The number of carbonyl (C=O) groups is 2. The highest BCUT2D eigenvalue weighted by atomic mass is 35.5. The van der Waals surface area contributed by atoms with E-state index in [0.29, 0.717) is 27.7 Å². The van der Waals surface area contributed by atoms with Crippen LogP contribution in [0.1, 0.15) is 26.7 Å². The van der Waals surface area contributed by atoms with Crippen LogP contribution >= 0.6 is 23.4 Å². The van der Waals surface area contributed by atoms with Crippen molar-refractivity contribution in [2.75, 3.05) is 17.7 Å². The molecule has 4 aromatic rings. The standard InChI is InChI=1S/C29H25ClN2O3S/c1-19-8-6-11-21(16-19)28(33)31-23-12-7-13-24(18-23)36-27(20-9-4-3-5-10-20)29(34)32-25-17-22(30)14-15-26(25)35-2/h3-18,27H,1-2H3,(H,31,33)(H,32,34). The number of rotatable bonds is 8. The summed E-state index contributed by atoms with van der Waals surface area (Å²) in [5.74, 6) is 0.109. The van der Waals surface area contributed by atoms with Gasteiger partial charge >= 0.3 is 0 Å². The molecule has 5 nitrogen and oxygen atoms in total. The average Bonchev–Trinajstić information content (AvgIpc) is 2.88. The molecule has 4 rings (SSSR count). The van der Waals surface area contributed by atoms with Crippen molar-refractivity contribution in [3.63, 3.8) is 0 Å². The topological polar surface area (TPSA) is 67.4 Å². The summed E-state index contributed by atoms with van der Waals surface area (Å²) in [7, 11) is 1.54. The van der Waals surface area contributed by atoms with Gasteiger partial charge in [-0.15, -0.1) is 11.8 Å². The molecule has 0 bridgehead atoms. The number of hydrogen-bond acceptors (Lipinski definition) is 4. The molecule has 2 amide bonds. The number of anilines is 2. The summed E-state index contributed by atoms with van der Waals surface area (Å²) in [4.78, 5) is 27.0. The van der Waals surface area contributed by atoms with E-state index in [1.54, 1.807) is 31.4 Å². The van der Waals surface area contributed by atoms with Crippen molar-refractivity contribution in [3.05, 3.63) is 119 Å². The first-order valence-electron chi connectivity index (χ1n) is 11.3. The second-order valence-corrected chi connectivity index (χ2v) is 9.71. The van der Waals surface area contributed by atoms with Gasteiger partial charge in [-0.05, 0) is 61.0 Å². The molecule has 0 aliphatic heterocycles. The van der Waals surface area contributed by atoms with Crippen LogP contribution in [0.5, 0.6) is 5.75 Å². The van der Waals surface area contributed by atoms with Crippen LogP contribution in [0.25, 0.3) is 0 Å². The van der Waals surface area contributed by atoms with Crippen LogP contribution in [0.2, 0.25) is 5.02 Å². The van der Waals surface area contributed by atoms with Gasteiger partial charge in [0.2, 0.25) is 5.91 Å². The van der Waals surface area contributed by atoms with Gasteiger partial charge < -0.3 is 15.4 Å². The quantitative estimate of drug-likeness (QED) is 0.240. The second-order valence-electron chi connectivity index (χ2n) is 8.09. The predicted molar refractivity (Wildman–Crippen MR) is 147 cm³/mol. The zero-order chi connectivity index (χ0) is 25.5. The minimum Gasteiger partial charge on any atom is -0.495 e. The van der Waals surface area contributed by atoms with Gasteiger partial charge in [0.1, 0.15) is 11.0 Å². The molecular formula is C29H25ClN2O3S.